The van der Waals surface area contributed by atoms with E-state index < -0.39 is 10.0 Å². The topological polar surface area (TPSA) is 42.3 Å². The van der Waals surface area contributed by atoms with Crippen molar-refractivity contribution in [1.29, 1.82) is 0 Å². The molecule has 6 heteroatoms. The molecule has 1 aromatic carbocycles. The largest absolute Gasteiger partial charge is 0.349 e. The molecule has 2 heterocycles. The van der Waals surface area contributed by atoms with E-state index in [1.54, 1.807) is 22.5 Å². The van der Waals surface area contributed by atoms with Gasteiger partial charge in [0.2, 0.25) is 10.0 Å². The zero-order valence-electron chi connectivity index (χ0n) is 11.0. The SMILES string of the molecule is C[C@@H]1c2cccn2CCN1S(=O)(=O)c1ccccc1Br. The summed E-state index contributed by atoms with van der Waals surface area (Å²) in [5.74, 6) is 0. The van der Waals surface area contributed by atoms with Crippen LogP contribution in [0.2, 0.25) is 0 Å². The Morgan fingerprint density at radius 1 is 1.15 bits per heavy atom. The second-order valence-corrected chi connectivity index (χ2v) is 7.56. The molecule has 4 nitrogen and oxygen atoms in total. The number of halogens is 1. The van der Waals surface area contributed by atoms with E-state index in [0.29, 0.717) is 22.5 Å². The summed E-state index contributed by atoms with van der Waals surface area (Å²) in [4.78, 5) is 0.326. The lowest BCUT2D eigenvalue weighted by atomic mass is 10.2. The van der Waals surface area contributed by atoms with Crippen LogP contribution in [-0.2, 0) is 16.6 Å². The summed E-state index contributed by atoms with van der Waals surface area (Å²) in [6.07, 6.45) is 1.99. The monoisotopic (exact) mass is 354 g/mol. The molecule has 1 aliphatic heterocycles. The summed E-state index contributed by atoms with van der Waals surface area (Å²) in [7, 11) is -3.49. The van der Waals surface area contributed by atoms with E-state index in [9.17, 15) is 8.42 Å². The lowest BCUT2D eigenvalue weighted by Crippen LogP contribution is -2.40. The Morgan fingerprint density at radius 2 is 1.90 bits per heavy atom. The average Bonchev–Trinajstić information content (AvgIpc) is 2.88. The van der Waals surface area contributed by atoms with E-state index >= 15 is 0 Å². The third kappa shape index (κ3) is 2.12. The molecule has 0 unspecified atom stereocenters. The second kappa shape index (κ2) is 5.02. The summed E-state index contributed by atoms with van der Waals surface area (Å²) < 4.78 is 30.0. The zero-order valence-corrected chi connectivity index (χ0v) is 13.4. The van der Waals surface area contributed by atoms with E-state index in [1.807, 2.05) is 31.3 Å². The number of aromatic nitrogens is 1. The minimum absolute atomic E-state index is 0.157. The summed E-state index contributed by atoms with van der Waals surface area (Å²) >= 11 is 3.33. The van der Waals surface area contributed by atoms with Crippen molar-refractivity contribution < 1.29 is 8.42 Å². The van der Waals surface area contributed by atoms with Crippen molar-refractivity contribution in [2.75, 3.05) is 6.54 Å². The van der Waals surface area contributed by atoms with Gasteiger partial charge in [-0.25, -0.2) is 8.42 Å². The number of fused-ring (bicyclic) bond motifs is 1. The minimum Gasteiger partial charge on any atom is -0.349 e. The van der Waals surface area contributed by atoms with Crippen molar-refractivity contribution in [1.82, 2.24) is 8.87 Å². The number of hydrogen-bond acceptors (Lipinski definition) is 2. The Morgan fingerprint density at radius 3 is 2.65 bits per heavy atom. The molecule has 0 saturated heterocycles. The molecule has 1 atom stereocenters. The molecular weight excluding hydrogens is 340 g/mol. The fraction of sp³-hybridized carbons (Fsp3) is 0.286. The van der Waals surface area contributed by atoms with Crippen molar-refractivity contribution >= 4 is 26.0 Å². The van der Waals surface area contributed by atoms with Crippen LogP contribution in [0.1, 0.15) is 18.7 Å². The summed E-state index contributed by atoms with van der Waals surface area (Å²) in [5, 5.41) is 0. The predicted octanol–water partition coefficient (Wildman–Crippen LogP) is 3.02. The third-order valence-corrected chi connectivity index (χ3v) is 6.69. The quantitative estimate of drug-likeness (QED) is 0.831. The van der Waals surface area contributed by atoms with Crippen molar-refractivity contribution in [2.24, 2.45) is 0 Å². The number of sulfonamides is 1. The van der Waals surface area contributed by atoms with Gasteiger partial charge in [0.15, 0.2) is 0 Å². The number of hydrogen-bond donors (Lipinski definition) is 0. The first kappa shape index (κ1) is 13.9. The molecule has 0 bridgehead atoms. The summed E-state index contributed by atoms with van der Waals surface area (Å²) in [5.41, 5.74) is 1.03. The molecule has 1 aromatic heterocycles. The molecule has 2 aromatic rings. The predicted molar refractivity (Wildman–Crippen MR) is 80.9 cm³/mol. The van der Waals surface area contributed by atoms with Crippen LogP contribution in [-0.4, -0.2) is 23.8 Å². The summed E-state index contributed by atoms with van der Waals surface area (Å²) in [6, 6.07) is 10.7. The van der Waals surface area contributed by atoms with Crippen molar-refractivity contribution in [3.05, 3.63) is 52.8 Å². The van der Waals surface area contributed by atoms with Crippen LogP contribution in [0.25, 0.3) is 0 Å². The smallest absolute Gasteiger partial charge is 0.244 e. The molecule has 0 aliphatic carbocycles. The molecule has 0 N–H and O–H groups in total. The van der Waals surface area contributed by atoms with Crippen LogP contribution >= 0.6 is 15.9 Å². The first-order valence-corrected chi connectivity index (χ1v) is 8.66. The number of nitrogens with zero attached hydrogens (tertiary/aromatic N) is 2. The molecule has 20 heavy (non-hydrogen) atoms. The van der Waals surface area contributed by atoms with Gasteiger partial charge in [-0.05, 0) is 47.1 Å². The third-order valence-electron chi connectivity index (χ3n) is 3.71. The highest BCUT2D eigenvalue weighted by atomic mass is 79.9. The minimum atomic E-state index is -3.49. The molecule has 0 spiro atoms. The van der Waals surface area contributed by atoms with Crippen molar-refractivity contribution in [3.8, 4) is 0 Å². The second-order valence-electron chi connectivity index (χ2n) is 4.85. The maximum Gasteiger partial charge on any atom is 0.244 e. The van der Waals surface area contributed by atoms with Gasteiger partial charge in [0, 0.05) is 29.5 Å². The Bertz CT molecular complexity index is 739. The maximum atomic E-state index is 12.8. The van der Waals surface area contributed by atoms with Gasteiger partial charge >= 0.3 is 0 Å². The van der Waals surface area contributed by atoms with E-state index in [4.69, 9.17) is 0 Å². The van der Waals surface area contributed by atoms with Gasteiger partial charge in [0.1, 0.15) is 0 Å². The molecule has 0 fully saturated rings. The fourth-order valence-corrected chi connectivity index (χ4v) is 5.23. The van der Waals surface area contributed by atoms with Crippen molar-refractivity contribution in [3.63, 3.8) is 0 Å². The highest BCUT2D eigenvalue weighted by Crippen LogP contribution is 2.33. The highest BCUT2D eigenvalue weighted by Gasteiger charge is 2.34. The van der Waals surface area contributed by atoms with Gasteiger partial charge in [0.05, 0.1) is 10.9 Å². The Balaban J connectivity index is 2.04. The molecule has 0 radical (unpaired) electrons. The summed E-state index contributed by atoms with van der Waals surface area (Å²) in [6.45, 7) is 3.11. The first-order chi connectivity index (χ1) is 9.51. The van der Waals surface area contributed by atoms with Crippen LogP contribution in [0, 0.1) is 0 Å². The number of benzene rings is 1. The van der Waals surface area contributed by atoms with Gasteiger partial charge in [-0.1, -0.05) is 12.1 Å². The Kier molecular flexibility index (Phi) is 3.48. The lowest BCUT2D eigenvalue weighted by Gasteiger charge is -2.34. The van der Waals surface area contributed by atoms with Crippen LogP contribution in [0.3, 0.4) is 0 Å². The normalized spacial score (nSPS) is 19.8. The van der Waals surface area contributed by atoms with Gasteiger partial charge < -0.3 is 4.57 Å². The molecule has 106 valence electrons. The Hall–Kier alpha value is -1.11. The van der Waals surface area contributed by atoms with Crippen LogP contribution in [0.4, 0.5) is 0 Å². The average molecular weight is 355 g/mol. The lowest BCUT2D eigenvalue weighted by molar-refractivity contribution is 0.282. The van der Waals surface area contributed by atoms with Gasteiger partial charge in [-0.2, -0.15) is 4.31 Å². The Labute approximate surface area is 127 Å². The van der Waals surface area contributed by atoms with Crippen molar-refractivity contribution in [2.45, 2.75) is 24.4 Å². The molecule has 0 amide bonds. The standard InChI is InChI=1S/C14H15BrN2O2S/c1-11-13-6-4-8-16(13)9-10-17(11)20(18,19)14-7-3-2-5-12(14)15/h2-8,11H,9-10H2,1H3/t11-/m1/s1. The van der Waals surface area contributed by atoms with Gasteiger partial charge in [0.25, 0.3) is 0 Å². The first-order valence-electron chi connectivity index (χ1n) is 6.43. The van der Waals surface area contributed by atoms with E-state index in [1.165, 1.54) is 0 Å². The fourth-order valence-electron chi connectivity index (χ4n) is 2.67. The van der Waals surface area contributed by atoms with Crippen LogP contribution in [0.15, 0.2) is 52.0 Å². The molecule has 0 saturated carbocycles. The van der Waals surface area contributed by atoms with E-state index in [2.05, 4.69) is 20.5 Å². The van der Waals surface area contributed by atoms with Gasteiger partial charge in [-0.3, -0.25) is 0 Å². The van der Waals surface area contributed by atoms with Crippen LogP contribution < -0.4 is 0 Å². The van der Waals surface area contributed by atoms with E-state index in [0.717, 1.165) is 5.69 Å². The maximum absolute atomic E-state index is 12.8. The zero-order chi connectivity index (χ0) is 14.3. The molecule has 3 rings (SSSR count). The highest BCUT2D eigenvalue weighted by molar-refractivity contribution is 9.10. The van der Waals surface area contributed by atoms with E-state index in [-0.39, 0.29) is 6.04 Å². The molecule has 1 aliphatic rings. The van der Waals surface area contributed by atoms with Gasteiger partial charge in [-0.15, -0.1) is 0 Å². The molecular formula is C14H15BrN2O2S. The number of rotatable bonds is 2. The van der Waals surface area contributed by atoms with Crippen LogP contribution in [0.5, 0.6) is 0 Å².